The zero-order valence-electron chi connectivity index (χ0n) is 14.9. The van der Waals surface area contributed by atoms with Gasteiger partial charge in [-0.1, -0.05) is 35.9 Å². The molecule has 0 atom stereocenters. The van der Waals surface area contributed by atoms with Crippen molar-refractivity contribution in [2.24, 2.45) is 0 Å². The first-order valence-corrected chi connectivity index (χ1v) is 8.21. The summed E-state index contributed by atoms with van der Waals surface area (Å²) in [6.07, 6.45) is 1.38. The molecular formula is C20H18N2O5. The predicted octanol–water partition coefficient (Wildman–Crippen LogP) is 2.33. The number of urea groups is 1. The summed E-state index contributed by atoms with van der Waals surface area (Å²) in [6, 6.07) is 12.2. The van der Waals surface area contributed by atoms with E-state index in [1.807, 2.05) is 41.8 Å². The van der Waals surface area contributed by atoms with Crippen LogP contribution < -0.4 is 20.1 Å². The van der Waals surface area contributed by atoms with Gasteiger partial charge >= 0.3 is 6.03 Å². The lowest BCUT2D eigenvalue weighted by Crippen LogP contribution is -2.51. The normalized spacial score (nSPS) is 13.7. The summed E-state index contributed by atoms with van der Waals surface area (Å²) in [4.78, 5) is 34.7. The van der Waals surface area contributed by atoms with Crippen molar-refractivity contribution in [2.75, 3.05) is 7.11 Å². The third-order valence-corrected chi connectivity index (χ3v) is 3.96. The largest absolute Gasteiger partial charge is 0.493 e. The summed E-state index contributed by atoms with van der Waals surface area (Å²) in [7, 11) is 1.50. The molecule has 0 bridgehead atoms. The zero-order valence-corrected chi connectivity index (χ0v) is 14.9. The van der Waals surface area contributed by atoms with Crippen molar-refractivity contribution in [3.63, 3.8) is 0 Å². The van der Waals surface area contributed by atoms with Crippen LogP contribution in [-0.4, -0.2) is 25.0 Å². The van der Waals surface area contributed by atoms with Gasteiger partial charge in [-0.3, -0.25) is 20.2 Å². The first-order chi connectivity index (χ1) is 13.0. The number of carbonyl (C=O) groups is 3. The van der Waals surface area contributed by atoms with Crippen LogP contribution in [0.5, 0.6) is 11.5 Å². The average Bonchev–Trinajstić information content (AvgIpc) is 2.64. The number of hydrogen-bond acceptors (Lipinski definition) is 5. The Balaban J connectivity index is 1.78. The molecule has 7 nitrogen and oxygen atoms in total. The van der Waals surface area contributed by atoms with Crippen LogP contribution in [0.3, 0.4) is 0 Å². The molecule has 1 aliphatic heterocycles. The lowest BCUT2D eigenvalue weighted by molar-refractivity contribution is -0.123. The molecule has 4 amide bonds. The summed E-state index contributed by atoms with van der Waals surface area (Å²) in [5, 5.41) is 4.06. The van der Waals surface area contributed by atoms with Crippen LogP contribution in [0.2, 0.25) is 0 Å². The summed E-state index contributed by atoms with van der Waals surface area (Å²) in [5.74, 6) is -0.498. The summed E-state index contributed by atoms with van der Waals surface area (Å²) in [5.41, 5.74) is 2.59. The molecule has 1 fully saturated rings. The van der Waals surface area contributed by atoms with Gasteiger partial charge in [0.1, 0.15) is 12.2 Å². The van der Waals surface area contributed by atoms with Gasteiger partial charge in [0.05, 0.1) is 7.11 Å². The minimum absolute atomic E-state index is 0.162. The second kappa shape index (κ2) is 7.74. The zero-order chi connectivity index (χ0) is 19.4. The number of methoxy groups -OCH3 is 1. The molecule has 0 unspecified atom stereocenters. The highest BCUT2D eigenvalue weighted by Gasteiger charge is 2.27. The number of imide groups is 2. The Hall–Kier alpha value is -3.61. The summed E-state index contributed by atoms with van der Waals surface area (Å²) in [6.45, 7) is 2.40. The smallest absolute Gasteiger partial charge is 0.328 e. The molecule has 3 rings (SSSR count). The van der Waals surface area contributed by atoms with Crippen molar-refractivity contribution in [1.29, 1.82) is 0 Å². The Morgan fingerprint density at radius 1 is 0.926 bits per heavy atom. The highest BCUT2D eigenvalue weighted by molar-refractivity contribution is 6.31. The summed E-state index contributed by atoms with van der Waals surface area (Å²) >= 11 is 0. The maximum atomic E-state index is 11.8. The van der Waals surface area contributed by atoms with Crippen LogP contribution in [-0.2, 0) is 16.2 Å². The number of rotatable bonds is 5. The number of barbiturate groups is 1. The highest BCUT2D eigenvalue weighted by atomic mass is 16.5. The van der Waals surface area contributed by atoms with E-state index in [4.69, 9.17) is 9.47 Å². The van der Waals surface area contributed by atoms with Crippen molar-refractivity contribution < 1.29 is 23.9 Å². The Morgan fingerprint density at radius 2 is 1.59 bits per heavy atom. The van der Waals surface area contributed by atoms with Gasteiger partial charge in [0, 0.05) is 0 Å². The standard InChI is InChI=1S/C20H18N2O5/c1-12-3-5-13(6-4-12)11-27-16-8-7-14(10-17(16)26-2)9-15-18(23)21-20(25)22-19(15)24/h3-10H,11H2,1-2H3,(H2,21,22,23,24,25). The van der Waals surface area contributed by atoms with Crippen LogP contribution in [0.4, 0.5) is 4.79 Å². The number of nitrogens with one attached hydrogen (secondary N) is 2. The lowest BCUT2D eigenvalue weighted by Gasteiger charge is -2.15. The third-order valence-electron chi connectivity index (χ3n) is 3.96. The lowest BCUT2D eigenvalue weighted by atomic mass is 10.1. The Bertz CT molecular complexity index is 910. The quantitative estimate of drug-likeness (QED) is 0.626. The Kier molecular flexibility index (Phi) is 5.21. The van der Waals surface area contributed by atoms with Gasteiger partial charge in [-0.05, 0) is 36.3 Å². The molecule has 0 saturated carbocycles. The van der Waals surface area contributed by atoms with Crippen molar-refractivity contribution in [2.45, 2.75) is 13.5 Å². The van der Waals surface area contributed by atoms with Crippen LogP contribution in [0.15, 0.2) is 48.0 Å². The van der Waals surface area contributed by atoms with E-state index < -0.39 is 17.8 Å². The molecule has 0 spiro atoms. The van der Waals surface area contributed by atoms with Crippen LogP contribution in [0.1, 0.15) is 16.7 Å². The van der Waals surface area contributed by atoms with Crippen LogP contribution in [0.25, 0.3) is 6.08 Å². The van der Waals surface area contributed by atoms with E-state index in [1.165, 1.54) is 18.7 Å². The second-order valence-electron chi connectivity index (χ2n) is 5.98. The van der Waals surface area contributed by atoms with Crippen molar-refractivity contribution >= 4 is 23.9 Å². The fraction of sp³-hybridized carbons (Fsp3) is 0.150. The minimum atomic E-state index is -0.834. The van der Waals surface area contributed by atoms with Crippen molar-refractivity contribution in [1.82, 2.24) is 10.6 Å². The first-order valence-electron chi connectivity index (χ1n) is 8.21. The minimum Gasteiger partial charge on any atom is -0.493 e. The topological polar surface area (TPSA) is 93.7 Å². The maximum Gasteiger partial charge on any atom is 0.328 e. The Labute approximate surface area is 156 Å². The second-order valence-corrected chi connectivity index (χ2v) is 5.98. The average molecular weight is 366 g/mol. The molecule has 0 aliphatic carbocycles. The van der Waals surface area contributed by atoms with E-state index in [1.54, 1.807) is 18.2 Å². The molecule has 7 heteroatoms. The molecule has 1 heterocycles. The number of amides is 4. The van der Waals surface area contributed by atoms with Gasteiger partial charge in [0.15, 0.2) is 11.5 Å². The molecule has 0 radical (unpaired) electrons. The van der Waals surface area contributed by atoms with E-state index in [0.717, 1.165) is 5.56 Å². The Morgan fingerprint density at radius 3 is 2.22 bits per heavy atom. The molecule has 1 aliphatic rings. The van der Waals surface area contributed by atoms with E-state index in [-0.39, 0.29) is 5.57 Å². The molecule has 2 aromatic rings. The number of ether oxygens (including phenoxy) is 2. The molecular weight excluding hydrogens is 348 g/mol. The van der Waals surface area contributed by atoms with Crippen LogP contribution in [0, 0.1) is 6.92 Å². The molecule has 138 valence electrons. The maximum absolute atomic E-state index is 11.8. The van der Waals surface area contributed by atoms with E-state index in [2.05, 4.69) is 0 Å². The molecule has 0 aromatic heterocycles. The van der Waals surface area contributed by atoms with Gasteiger partial charge in [0.25, 0.3) is 11.8 Å². The third kappa shape index (κ3) is 4.33. The van der Waals surface area contributed by atoms with Gasteiger partial charge < -0.3 is 9.47 Å². The van der Waals surface area contributed by atoms with E-state index in [9.17, 15) is 14.4 Å². The first kappa shape index (κ1) is 18.2. The van der Waals surface area contributed by atoms with Gasteiger partial charge in [-0.2, -0.15) is 0 Å². The number of carbonyl (C=O) groups excluding carboxylic acids is 3. The van der Waals surface area contributed by atoms with E-state index in [0.29, 0.717) is 23.7 Å². The van der Waals surface area contributed by atoms with Gasteiger partial charge in [0.2, 0.25) is 0 Å². The van der Waals surface area contributed by atoms with Gasteiger partial charge in [-0.15, -0.1) is 0 Å². The molecule has 27 heavy (non-hydrogen) atoms. The number of benzene rings is 2. The number of hydrogen-bond donors (Lipinski definition) is 2. The predicted molar refractivity (Wildman–Crippen MR) is 98.2 cm³/mol. The molecule has 2 aromatic carbocycles. The fourth-order valence-corrected chi connectivity index (χ4v) is 2.51. The highest BCUT2D eigenvalue weighted by Crippen LogP contribution is 2.30. The molecule has 2 N–H and O–H groups in total. The van der Waals surface area contributed by atoms with Crippen molar-refractivity contribution in [3.05, 3.63) is 64.7 Å². The van der Waals surface area contributed by atoms with Crippen molar-refractivity contribution in [3.8, 4) is 11.5 Å². The number of aryl methyl sites for hydroxylation is 1. The summed E-state index contributed by atoms with van der Waals surface area (Å²) < 4.78 is 11.2. The monoisotopic (exact) mass is 366 g/mol. The van der Waals surface area contributed by atoms with Gasteiger partial charge in [-0.25, -0.2) is 4.79 Å². The van der Waals surface area contributed by atoms with E-state index >= 15 is 0 Å². The SMILES string of the molecule is COc1cc(C=C2C(=O)NC(=O)NC2=O)ccc1OCc1ccc(C)cc1. The molecule has 1 saturated heterocycles. The van der Waals surface area contributed by atoms with Crippen LogP contribution >= 0.6 is 0 Å². The fourth-order valence-electron chi connectivity index (χ4n) is 2.51.